The number of carbonyl (C=O) groups is 1. The zero-order chi connectivity index (χ0) is 18.7. The third-order valence-electron chi connectivity index (χ3n) is 9.73. The normalized spacial score (nSPS) is 51.3. The molecule has 4 aliphatic carbocycles. The number of alkyl halides is 2. The van der Waals surface area contributed by atoms with E-state index < -0.39 is 0 Å². The number of hydrogen-bond donors (Lipinski definition) is 0. The molecule has 3 heteroatoms. The van der Waals surface area contributed by atoms with E-state index in [9.17, 15) is 4.79 Å². The lowest BCUT2D eigenvalue weighted by Crippen LogP contribution is -2.57. The molecule has 0 N–H and O–H groups in total. The Morgan fingerprint density at radius 1 is 0.923 bits per heavy atom. The Labute approximate surface area is 177 Å². The smallest absolute Gasteiger partial charge is 0.160 e. The van der Waals surface area contributed by atoms with E-state index in [4.69, 9.17) is 0 Å². The summed E-state index contributed by atoms with van der Waals surface area (Å²) in [6.07, 6.45) is 13.6. The van der Waals surface area contributed by atoms with Gasteiger partial charge in [-0.1, -0.05) is 65.5 Å². The van der Waals surface area contributed by atoms with Crippen molar-refractivity contribution in [2.24, 2.45) is 46.3 Å². The fraction of sp³-hybridized carbons (Fsp3) is 0.957. The molecule has 0 aromatic carbocycles. The van der Waals surface area contributed by atoms with Crippen LogP contribution < -0.4 is 0 Å². The van der Waals surface area contributed by atoms with E-state index in [1.54, 1.807) is 0 Å². The maximum atomic E-state index is 13.0. The van der Waals surface area contributed by atoms with Gasteiger partial charge in [-0.2, -0.15) is 0 Å². The zero-order valence-corrected chi connectivity index (χ0v) is 19.9. The Balaban J connectivity index is 1.61. The summed E-state index contributed by atoms with van der Waals surface area (Å²) < 4.78 is -0.165. The zero-order valence-electron chi connectivity index (χ0n) is 16.8. The summed E-state index contributed by atoms with van der Waals surface area (Å²) in [5, 5.41) is 0. The maximum Gasteiger partial charge on any atom is 0.160 e. The number of rotatable bonds is 2. The first-order valence-corrected chi connectivity index (χ1v) is 12.9. The number of Topliss-reactive ketones (excluding diaryl/α,β-unsaturated/α-hetero) is 1. The van der Waals surface area contributed by atoms with E-state index in [-0.39, 0.29) is 15.1 Å². The van der Waals surface area contributed by atoms with Gasteiger partial charge in [-0.3, -0.25) is 4.79 Å². The Morgan fingerprint density at radius 3 is 2.35 bits per heavy atom. The minimum atomic E-state index is -0.165. The molecular formula is C23H36Br2O. The van der Waals surface area contributed by atoms with Crippen LogP contribution in [0.4, 0.5) is 0 Å². The molecule has 1 nitrogen and oxygen atoms in total. The first-order valence-electron chi connectivity index (χ1n) is 11.1. The van der Waals surface area contributed by atoms with Crippen molar-refractivity contribution in [3.05, 3.63) is 0 Å². The van der Waals surface area contributed by atoms with E-state index in [0.29, 0.717) is 11.2 Å². The fourth-order valence-electron chi connectivity index (χ4n) is 8.29. The average molecular weight is 488 g/mol. The van der Waals surface area contributed by atoms with Crippen LogP contribution in [0.25, 0.3) is 0 Å². The summed E-state index contributed by atoms with van der Waals surface area (Å²) in [6, 6.07) is 0. The predicted molar refractivity (Wildman–Crippen MR) is 116 cm³/mol. The van der Waals surface area contributed by atoms with Gasteiger partial charge in [0.15, 0.2) is 5.78 Å². The van der Waals surface area contributed by atoms with Gasteiger partial charge in [0.05, 0.1) is 0 Å². The summed E-state index contributed by atoms with van der Waals surface area (Å²) in [4.78, 5) is 13.0. The van der Waals surface area contributed by atoms with Crippen molar-refractivity contribution >= 4 is 37.6 Å². The van der Waals surface area contributed by atoms with E-state index in [2.05, 4.69) is 52.6 Å². The molecule has 0 heterocycles. The fourth-order valence-corrected chi connectivity index (χ4v) is 8.93. The third-order valence-corrected chi connectivity index (χ3v) is 10.6. The minimum Gasteiger partial charge on any atom is -0.297 e. The number of hydrogen-bond acceptors (Lipinski definition) is 1. The molecule has 0 aromatic heterocycles. The first kappa shape index (κ1) is 19.9. The molecular weight excluding hydrogens is 452 g/mol. The highest BCUT2D eigenvalue weighted by Crippen LogP contribution is 2.67. The molecule has 4 aliphatic rings. The highest BCUT2D eigenvalue weighted by atomic mass is 79.9. The van der Waals surface area contributed by atoms with Crippen LogP contribution >= 0.6 is 31.9 Å². The third kappa shape index (κ3) is 3.01. The molecule has 1 unspecified atom stereocenters. The molecule has 4 rings (SSSR count). The molecule has 0 bridgehead atoms. The molecule has 4 fully saturated rings. The second-order valence-electron chi connectivity index (χ2n) is 10.8. The summed E-state index contributed by atoms with van der Waals surface area (Å²) in [7, 11) is 0. The number of carbonyl (C=O) groups excluding carboxylic acids is 1. The van der Waals surface area contributed by atoms with Crippen LogP contribution in [0, 0.1) is 46.3 Å². The lowest BCUT2D eigenvalue weighted by Gasteiger charge is -2.63. The molecule has 0 amide bonds. The van der Waals surface area contributed by atoms with E-state index >= 15 is 0 Å². The van der Waals surface area contributed by atoms with Crippen LogP contribution in [0.5, 0.6) is 0 Å². The monoisotopic (exact) mass is 486 g/mol. The van der Waals surface area contributed by atoms with Crippen LogP contribution in [0.3, 0.4) is 0 Å². The molecule has 0 saturated heterocycles. The minimum absolute atomic E-state index is 0.165. The van der Waals surface area contributed by atoms with Crippen molar-refractivity contribution in [2.45, 2.75) is 88.7 Å². The highest BCUT2D eigenvalue weighted by molar-refractivity contribution is 9.25. The largest absolute Gasteiger partial charge is 0.297 e. The lowest BCUT2D eigenvalue weighted by atomic mass is 9.41. The standard InChI is InChI=1S/C23H36Br2O/c1-14-9-11-22(2)15(13-14)7-8-16-17-5-4-6-19(20(26)21(24)25)23(17,3)12-10-18(16)22/h14-19,21H,4-13H2,1-3H3/t14-,15-,16-,17?,18-,19+,22-,23-/m0/s1. The molecule has 148 valence electrons. The van der Waals surface area contributed by atoms with Gasteiger partial charge in [-0.25, -0.2) is 0 Å². The molecule has 0 spiro atoms. The van der Waals surface area contributed by atoms with Crippen molar-refractivity contribution < 1.29 is 4.79 Å². The van der Waals surface area contributed by atoms with E-state index in [1.165, 1.54) is 57.8 Å². The second kappa shape index (κ2) is 7.15. The molecule has 0 aliphatic heterocycles. The summed E-state index contributed by atoms with van der Waals surface area (Å²) >= 11 is 7.02. The highest BCUT2D eigenvalue weighted by Gasteiger charge is 2.59. The average Bonchev–Trinajstić information content (AvgIpc) is 2.60. The Kier molecular flexibility index (Phi) is 5.48. The van der Waals surface area contributed by atoms with Gasteiger partial charge >= 0.3 is 0 Å². The quantitative estimate of drug-likeness (QED) is 0.372. The van der Waals surface area contributed by atoms with Gasteiger partial charge in [0.2, 0.25) is 0 Å². The topological polar surface area (TPSA) is 17.1 Å². The predicted octanol–water partition coefficient (Wildman–Crippen LogP) is 7.36. The van der Waals surface area contributed by atoms with Gasteiger partial charge < -0.3 is 0 Å². The number of halogens is 2. The van der Waals surface area contributed by atoms with Crippen molar-refractivity contribution in [1.29, 1.82) is 0 Å². The maximum absolute atomic E-state index is 13.0. The molecule has 8 atom stereocenters. The van der Waals surface area contributed by atoms with Crippen molar-refractivity contribution in [2.75, 3.05) is 0 Å². The van der Waals surface area contributed by atoms with Gasteiger partial charge in [0.1, 0.15) is 3.74 Å². The van der Waals surface area contributed by atoms with Gasteiger partial charge in [0.25, 0.3) is 0 Å². The molecule has 26 heavy (non-hydrogen) atoms. The van der Waals surface area contributed by atoms with Gasteiger partial charge in [-0.15, -0.1) is 0 Å². The number of fused-ring (bicyclic) bond motifs is 5. The van der Waals surface area contributed by atoms with Crippen LogP contribution in [0.1, 0.15) is 85.0 Å². The van der Waals surface area contributed by atoms with Gasteiger partial charge in [0, 0.05) is 5.92 Å². The van der Waals surface area contributed by atoms with E-state index in [0.717, 1.165) is 36.0 Å². The summed E-state index contributed by atoms with van der Waals surface area (Å²) in [5.74, 6) is 5.13. The summed E-state index contributed by atoms with van der Waals surface area (Å²) in [5.41, 5.74) is 0.822. The van der Waals surface area contributed by atoms with E-state index in [1.807, 2.05) is 0 Å². The molecule has 0 radical (unpaired) electrons. The van der Waals surface area contributed by atoms with Crippen molar-refractivity contribution in [3.63, 3.8) is 0 Å². The second-order valence-corrected chi connectivity index (χ2v) is 13.8. The molecule has 0 aromatic rings. The lowest BCUT2D eigenvalue weighted by molar-refractivity contribution is -0.155. The first-order chi connectivity index (χ1) is 12.3. The summed E-state index contributed by atoms with van der Waals surface area (Å²) in [6.45, 7) is 7.61. The Bertz CT molecular complexity index is 560. The Morgan fingerprint density at radius 2 is 1.62 bits per heavy atom. The van der Waals surface area contributed by atoms with Gasteiger partial charge in [-0.05, 0) is 91.8 Å². The Hall–Kier alpha value is 0.630. The van der Waals surface area contributed by atoms with Crippen LogP contribution in [-0.2, 0) is 4.79 Å². The van der Waals surface area contributed by atoms with Crippen molar-refractivity contribution in [3.8, 4) is 0 Å². The van der Waals surface area contributed by atoms with Crippen LogP contribution in [0.2, 0.25) is 0 Å². The SMILES string of the molecule is C[C@H]1CC[C@@]2(C)[C@@H](CC[C@H]3C4CCC[C@H](C(=O)C(Br)Br)[C@@]4(C)CC[C@@H]32)C1. The number of ketones is 1. The van der Waals surface area contributed by atoms with Crippen LogP contribution in [0.15, 0.2) is 0 Å². The molecule has 4 saturated carbocycles. The van der Waals surface area contributed by atoms with Crippen LogP contribution in [-0.4, -0.2) is 9.52 Å². The van der Waals surface area contributed by atoms with Crippen molar-refractivity contribution in [1.82, 2.24) is 0 Å².